The van der Waals surface area contributed by atoms with E-state index < -0.39 is 0 Å². The maximum Gasteiger partial charge on any atom is 0.128 e. The van der Waals surface area contributed by atoms with E-state index in [0.717, 1.165) is 22.4 Å². The molecule has 0 bridgehead atoms. The molecule has 0 heterocycles. The molecule has 138 valence electrons. The summed E-state index contributed by atoms with van der Waals surface area (Å²) in [5, 5.41) is 9.15. The number of hydrogen-bond acceptors (Lipinski definition) is 3. The van der Waals surface area contributed by atoms with E-state index in [-0.39, 0.29) is 0 Å². The van der Waals surface area contributed by atoms with Crippen LogP contribution in [0.4, 0.5) is 5.69 Å². The molecule has 0 spiro atoms. The Bertz CT molecular complexity index is 1080. The van der Waals surface area contributed by atoms with Crippen molar-refractivity contribution in [1.29, 1.82) is 0 Å². The number of benzene rings is 4. The molecule has 0 fully saturated rings. The third-order valence-electron chi connectivity index (χ3n) is 4.71. The standard InChI is InChI=1S/C25H22N2O/c1-28-25-17-16-21-12-8-9-15-23(21)24(25)18-26-27(22-13-6-3-7-14-22)19-20-10-4-2-5-11-20/h2-18H,19H2,1H3/b26-18-. The van der Waals surface area contributed by atoms with Crippen LogP contribution in [0.1, 0.15) is 11.1 Å². The summed E-state index contributed by atoms with van der Waals surface area (Å²) < 4.78 is 5.60. The third kappa shape index (κ3) is 3.89. The number of nitrogens with zero attached hydrogens (tertiary/aromatic N) is 2. The molecule has 4 aromatic carbocycles. The van der Waals surface area contributed by atoms with Crippen molar-refractivity contribution in [3.05, 3.63) is 108 Å². The van der Waals surface area contributed by atoms with Crippen LogP contribution in [0.15, 0.2) is 102 Å². The van der Waals surface area contributed by atoms with Gasteiger partial charge in [-0.15, -0.1) is 0 Å². The van der Waals surface area contributed by atoms with Gasteiger partial charge in [0.05, 0.1) is 25.6 Å². The molecule has 3 nitrogen and oxygen atoms in total. The second-order valence-electron chi connectivity index (χ2n) is 6.53. The molecule has 0 amide bonds. The van der Waals surface area contributed by atoms with E-state index in [1.165, 1.54) is 10.9 Å². The minimum atomic E-state index is 0.689. The fraction of sp³-hybridized carbons (Fsp3) is 0.0800. The van der Waals surface area contributed by atoms with Crippen LogP contribution in [0.2, 0.25) is 0 Å². The van der Waals surface area contributed by atoms with Crippen LogP contribution in [-0.4, -0.2) is 13.3 Å². The van der Waals surface area contributed by atoms with Gasteiger partial charge in [-0.05, 0) is 34.5 Å². The quantitative estimate of drug-likeness (QED) is 0.314. The van der Waals surface area contributed by atoms with Crippen molar-refractivity contribution < 1.29 is 4.74 Å². The fourth-order valence-corrected chi connectivity index (χ4v) is 3.27. The number of fused-ring (bicyclic) bond motifs is 1. The number of methoxy groups -OCH3 is 1. The molecule has 0 aliphatic heterocycles. The molecule has 3 heteroatoms. The van der Waals surface area contributed by atoms with Crippen molar-refractivity contribution in [3.8, 4) is 5.75 Å². The molecule has 0 atom stereocenters. The molecule has 0 aliphatic carbocycles. The summed E-state index contributed by atoms with van der Waals surface area (Å²) in [5.74, 6) is 0.815. The van der Waals surface area contributed by atoms with Gasteiger partial charge in [0.15, 0.2) is 0 Å². The Labute approximate surface area is 165 Å². The molecule has 0 saturated carbocycles. The normalized spacial score (nSPS) is 11.0. The minimum Gasteiger partial charge on any atom is -0.496 e. The first-order chi connectivity index (χ1) is 13.8. The van der Waals surface area contributed by atoms with E-state index in [9.17, 15) is 0 Å². The number of anilines is 1. The smallest absolute Gasteiger partial charge is 0.128 e. The molecular weight excluding hydrogens is 344 g/mol. The second kappa shape index (κ2) is 8.40. The zero-order valence-electron chi connectivity index (χ0n) is 15.8. The largest absolute Gasteiger partial charge is 0.496 e. The molecule has 28 heavy (non-hydrogen) atoms. The van der Waals surface area contributed by atoms with Crippen LogP contribution in [0.3, 0.4) is 0 Å². The zero-order valence-corrected chi connectivity index (χ0v) is 15.8. The maximum absolute atomic E-state index is 5.60. The third-order valence-corrected chi connectivity index (χ3v) is 4.71. The molecular formula is C25H22N2O. The summed E-state index contributed by atoms with van der Waals surface area (Å²) in [7, 11) is 1.69. The molecule has 0 aromatic heterocycles. The number of hydrogen-bond donors (Lipinski definition) is 0. The van der Waals surface area contributed by atoms with Crippen molar-refractivity contribution >= 4 is 22.7 Å². The number of hydrazone groups is 1. The highest BCUT2D eigenvalue weighted by Crippen LogP contribution is 2.27. The van der Waals surface area contributed by atoms with E-state index in [1.54, 1.807) is 7.11 Å². The van der Waals surface area contributed by atoms with Gasteiger partial charge < -0.3 is 4.74 Å². The van der Waals surface area contributed by atoms with Gasteiger partial charge in [-0.2, -0.15) is 5.10 Å². The van der Waals surface area contributed by atoms with Crippen LogP contribution in [0.25, 0.3) is 10.8 Å². The Balaban J connectivity index is 1.74. The minimum absolute atomic E-state index is 0.689. The predicted octanol–water partition coefficient (Wildman–Crippen LogP) is 5.89. The van der Waals surface area contributed by atoms with E-state index in [4.69, 9.17) is 9.84 Å². The van der Waals surface area contributed by atoms with E-state index in [0.29, 0.717) is 6.54 Å². The number of ether oxygens (including phenoxy) is 1. The van der Waals surface area contributed by atoms with Crippen LogP contribution in [-0.2, 0) is 6.54 Å². The Morgan fingerprint density at radius 3 is 2.21 bits per heavy atom. The van der Waals surface area contributed by atoms with Gasteiger partial charge in [0.2, 0.25) is 0 Å². The lowest BCUT2D eigenvalue weighted by molar-refractivity contribution is 0.415. The monoisotopic (exact) mass is 366 g/mol. The fourth-order valence-electron chi connectivity index (χ4n) is 3.27. The summed E-state index contributed by atoms with van der Waals surface area (Å²) in [6, 6.07) is 32.9. The van der Waals surface area contributed by atoms with Crippen molar-refractivity contribution in [2.45, 2.75) is 6.54 Å². The van der Waals surface area contributed by atoms with Gasteiger partial charge in [0.25, 0.3) is 0 Å². The number of para-hydroxylation sites is 1. The first-order valence-corrected chi connectivity index (χ1v) is 9.31. The van der Waals surface area contributed by atoms with E-state index in [1.807, 2.05) is 53.7 Å². The van der Waals surface area contributed by atoms with E-state index >= 15 is 0 Å². The number of rotatable bonds is 6. The van der Waals surface area contributed by atoms with Crippen molar-refractivity contribution in [2.24, 2.45) is 5.10 Å². The zero-order chi connectivity index (χ0) is 19.2. The first kappa shape index (κ1) is 17.8. The second-order valence-corrected chi connectivity index (χ2v) is 6.53. The summed E-state index contributed by atoms with van der Waals surface area (Å²) in [6.07, 6.45) is 1.90. The van der Waals surface area contributed by atoms with Gasteiger partial charge in [0.1, 0.15) is 5.75 Å². The lowest BCUT2D eigenvalue weighted by atomic mass is 10.0. The Morgan fingerprint density at radius 1 is 0.786 bits per heavy atom. The molecule has 0 radical (unpaired) electrons. The lowest BCUT2D eigenvalue weighted by Crippen LogP contribution is -2.16. The first-order valence-electron chi connectivity index (χ1n) is 9.31. The van der Waals surface area contributed by atoms with Crippen LogP contribution >= 0.6 is 0 Å². The molecule has 4 aromatic rings. The lowest BCUT2D eigenvalue weighted by Gasteiger charge is -2.19. The Morgan fingerprint density at radius 2 is 1.46 bits per heavy atom. The summed E-state index contributed by atoms with van der Waals surface area (Å²) in [6.45, 7) is 0.689. The topological polar surface area (TPSA) is 24.8 Å². The summed E-state index contributed by atoms with van der Waals surface area (Å²) in [5.41, 5.74) is 3.23. The van der Waals surface area contributed by atoms with Gasteiger partial charge in [-0.1, -0.05) is 78.9 Å². The SMILES string of the molecule is COc1ccc2ccccc2c1/C=N\N(Cc1ccccc1)c1ccccc1. The van der Waals surface area contributed by atoms with Crippen LogP contribution in [0.5, 0.6) is 5.75 Å². The predicted molar refractivity (Wildman–Crippen MR) is 117 cm³/mol. The van der Waals surface area contributed by atoms with E-state index in [2.05, 4.69) is 54.6 Å². The van der Waals surface area contributed by atoms with Gasteiger partial charge in [-0.25, -0.2) is 0 Å². The van der Waals surface area contributed by atoms with Crippen molar-refractivity contribution in [2.75, 3.05) is 12.1 Å². The average Bonchev–Trinajstić information content (AvgIpc) is 2.77. The highest BCUT2D eigenvalue weighted by atomic mass is 16.5. The Kier molecular flexibility index (Phi) is 5.34. The van der Waals surface area contributed by atoms with Gasteiger partial charge >= 0.3 is 0 Å². The van der Waals surface area contributed by atoms with Crippen molar-refractivity contribution in [1.82, 2.24) is 0 Å². The molecule has 0 aliphatic rings. The van der Waals surface area contributed by atoms with Crippen molar-refractivity contribution in [3.63, 3.8) is 0 Å². The molecule has 0 N–H and O–H groups in total. The Hall–Kier alpha value is -3.59. The molecule has 0 saturated heterocycles. The van der Waals surface area contributed by atoms with Crippen LogP contribution < -0.4 is 9.75 Å². The summed E-state index contributed by atoms with van der Waals surface area (Å²) in [4.78, 5) is 0. The highest BCUT2D eigenvalue weighted by molar-refractivity contribution is 6.02. The summed E-state index contributed by atoms with van der Waals surface area (Å²) >= 11 is 0. The molecule has 0 unspecified atom stereocenters. The molecule has 4 rings (SSSR count). The van der Waals surface area contributed by atoms with Gasteiger partial charge in [0, 0.05) is 5.56 Å². The van der Waals surface area contributed by atoms with Gasteiger partial charge in [-0.3, -0.25) is 5.01 Å². The van der Waals surface area contributed by atoms with Crippen LogP contribution in [0, 0.1) is 0 Å². The highest BCUT2D eigenvalue weighted by Gasteiger charge is 2.09. The maximum atomic E-state index is 5.60. The average molecular weight is 366 g/mol.